The molecular formula is C21H44O9. The van der Waals surface area contributed by atoms with Crippen molar-refractivity contribution in [2.75, 3.05) is 33.0 Å². The maximum absolute atomic E-state index is 10.8. The van der Waals surface area contributed by atoms with Gasteiger partial charge in [-0.1, -0.05) is 31.9 Å². The Balaban J connectivity index is -0.000000169. The van der Waals surface area contributed by atoms with Gasteiger partial charge in [-0.25, -0.2) is 9.59 Å². The number of allylic oxidation sites excluding steroid dienone is 2. The summed E-state index contributed by atoms with van der Waals surface area (Å²) in [6, 6.07) is 0. The number of hydrogen-bond donors (Lipinski definition) is 5. The molecule has 0 aromatic carbocycles. The minimum Gasteiger partial charge on any atom is -0.479 e. The largest absolute Gasteiger partial charge is 0.479 e. The lowest BCUT2D eigenvalue weighted by Crippen LogP contribution is -2.40. The Morgan fingerprint density at radius 1 is 0.800 bits per heavy atom. The van der Waals surface area contributed by atoms with E-state index in [9.17, 15) is 9.59 Å². The molecule has 0 fully saturated rings. The zero-order chi connectivity index (χ0) is 24.5. The lowest BCUT2D eigenvalue weighted by Gasteiger charge is -2.12. The molecule has 9 heteroatoms. The molecule has 0 aromatic rings. The van der Waals surface area contributed by atoms with Crippen molar-refractivity contribution in [2.24, 2.45) is 0 Å². The van der Waals surface area contributed by atoms with Crippen molar-refractivity contribution in [3.05, 3.63) is 11.1 Å². The Bertz CT molecular complexity index is 407. The third-order valence-corrected chi connectivity index (χ3v) is 3.54. The van der Waals surface area contributed by atoms with Crippen molar-refractivity contribution in [2.45, 2.75) is 79.9 Å². The predicted octanol–water partition coefficient (Wildman–Crippen LogP) is 1.90. The van der Waals surface area contributed by atoms with Crippen LogP contribution in [0.4, 0.5) is 0 Å². The normalized spacial score (nSPS) is 12.4. The molecule has 0 aromatic heterocycles. The third-order valence-electron chi connectivity index (χ3n) is 3.54. The Labute approximate surface area is 181 Å². The van der Waals surface area contributed by atoms with Gasteiger partial charge in [0.05, 0.1) is 19.8 Å². The summed E-state index contributed by atoms with van der Waals surface area (Å²) in [6.07, 6.45) is -1.19. The van der Waals surface area contributed by atoms with Crippen molar-refractivity contribution >= 4 is 11.9 Å². The van der Waals surface area contributed by atoms with Gasteiger partial charge in [0.1, 0.15) is 0 Å². The van der Waals surface area contributed by atoms with Crippen LogP contribution in [0.1, 0.15) is 67.7 Å². The quantitative estimate of drug-likeness (QED) is 0.253. The molecule has 2 unspecified atom stereocenters. The van der Waals surface area contributed by atoms with Gasteiger partial charge in [0.15, 0.2) is 12.2 Å². The number of aliphatic hydroxyl groups excluding tert-OH is 4. The maximum atomic E-state index is 10.8. The fourth-order valence-electron chi connectivity index (χ4n) is 1.36. The molecule has 0 saturated carbocycles. The summed E-state index contributed by atoms with van der Waals surface area (Å²) in [4.78, 5) is 20.9. The van der Waals surface area contributed by atoms with E-state index >= 15 is 0 Å². The van der Waals surface area contributed by atoms with Crippen LogP contribution >= 0.6 is 0 Å². The van der Waals surface area contributed by atoms with Crippen LogP contribution in [-0.2, 0) is 19.1 Å². The van der Waals surface area contributed by atoms with Gasteiger partial charge < -0.3 is 35.0 Å². The summed E-state index contributed by atoms with van der Waals surface area (Å²) in [7, 11) is 0. The van der Waals surface area contributed by atoms with Gasteiger partial charge in [0.25, 0.3) is 0 Å². The van der Waals surface area contributed by atoms with Gasteiger partial charge in [-0.2, -0.15) is 0 Å². The molecular weight excluding hydrogens is 396 g/mol. The lowest BCUT2D eigenvalue weighted by atomic mass is 10.1. The highest BCUT2D eigenvalue weighted by Gasteiger charge is 2.31. The van der Waals surface area contributed by atoms with Crippen LogP contribution < -0.4 is 0 Å². The SMILES string of the molecule is CC/C(C)=C(\C)CC.CCCOC(=O)C(O)C(O)C(=O)O.CCOCC.OCCO. The number of carbonyl (C=O) groups is 2. The third kappa shape index (κ3) is 26.5. The van der Waals surface area contributed by atoms with E-state index in [2.05, 4.69) is 32.4 Å². The van der Waals surface area contributed by atoms with Gasteiger partial charge in [-0.3, -0.25) is 0 Å². The molecule has 0 radical (unpaired) electrons. The molecule has 0 amide bonds. The van der Waals surface area contributed by atoms with E-state index in [0.29, 0.717) is 6.42 Å². The Kier molecular flexibility index (Phi) is 32.9. The lowest BCUT2D eigenvalue weighted by molar-refractivity contribution is -0.169. The Hall–Kier alpha value is -1.52. The molecule has 0 bridgehead atoms. The summed E-state index contributed by atoms with van der Waals surface area (Å²) < 4.78 is 9.25. The second-order valence-electron chi connectivity index (χ2n) is 5.89. The Morgan fingerprint density at radius 3 is 1.40 bits per heavy atom. The smallest absolute Gasteiger partial charge is 0.338 e. The van der Waals surface area contributed by atoms with E-state index in [4.69, 9.17) is 30.3 Å². The first kappa shape index (κ1) is 35.9. The predicted molar refractivity (Wildman–Crippen MR) is 116 cm³/mol. The molecule has 0 heterocycles. The topological polar surface area (TPSA) is 154 Å². The van der Waals surface area contributed by atoms with Crippen molar-refractivity contribution in [3.8, 4) is 0 Å². The number of carboxylic acids is 1. The van der Waals surface area contributed by atoms with E-state index in [-0.39, 0.29) is 19.8 Å². The number of esters is 1. The van der Waals surface area contributed by atoms with Crippen LogP contribution in [0.2, 0.25) is 0 Å². The summed E-state index contributed by atoms with van der Waals surface area (Å²) >= 11 is 0. The zero-order valence-corrected chi connectivity index (χ0v) is 19.7. The van der Waals surface area contributed by atoms with E-state index < -0.39 is 24.1 Å². The summed E-state index contributed by atoms with van der Waals surface area (Å²) in [6.45, 7) is 16.1. The monoisotopic (exact) mass is 440 g/mol. The first-order valence-corrected chi connectivity index (χ1v) is 10.3. The molecule has 0 aliphatic rings. The van der Waals surface area contributed by atoms with Crippen molar-refractivity contribution < 1.29 is 44.6 Å². The molecule has 5 N–H and O–H groups in total. The number of aliphatic hydroxyl groups is 4. The standard InChI is InChI=1S/C8H16.C7H12O6.C4H10O.C2H6O2/c1-5-7(3)8(4)6-2;1-2-3-13-7(12)5(9)4(8)6(10)11;1-3-5-4-2;3-1-2-4/h5-6H2,1-4H3;4-5,8-9H,2-3H2,1H3,(H,10,11);3-4H2,1-2H3;3-4H,1-2H2/b8-7+;;;. The molecule has 0 saturated heterocycles. The molecule has 0 spiro atoms. The van der Waals surface area contributed by atoms with E-state index in [1.165, 1.54) is 12.8 Å². The van der Waals surface area contributed by atoms with Crippen molar-refractivity contribution in [1.82, 2.24) is 0 Å². The van der Waals surface area contributed by atoms with Crippen LogP contribution in [-0.4, -0.2) is 82.7 Å². The molecule has 182 valence electrons. The minimum atomic E-state index is -2.13. The number of rotatable bonds is 10. The van der Waals surface area contributed by atoms with Crippen LogP contribution in [0.5, 0.6) is 0 Å². The minimum absolute atomic E-state index is 0.0855. The van der Waals surface area contributed by atoms with Crippen molar-refractivity contribution in [1.29, 1.82) is 0 Å². The van der Waals surface area contributed by atoms with Crippen LogP contribution in [0, 0.1) is 0 Å². The number of aliphatic carboxylic acids is 1. The Morgan fingerprint density at radius 2 is 1.20 bits per heavy atom. The fourth-order valence-corrected chi connectivity index (χ4v) is 1.36. The molecule has 0 aliphatic heterocycles. The molecule has 30 heavy (non-hydrogen) atoms. The highest BCUT2D eigenvalue weighted by molar-refractivity contribution is 5.84. The molecule has 9 nitrogen and oxygen atoms in total. The first-order valence-electron chi connectivity index (χ1n) is 10.3. The molecule has 0 aliphatic carbocycles. The number of carbonyl (C=O) groups excluding carboxylic acids is 1. The molecule has 0 rings (SSSR count). The first-order chi connectivity index (χ1) is 14.0. The van der Waals surface area contributed by atoms with Gasteiger partial charge in [0, 0.05) is 13.2 Å². The second kappa shape index (κ2) is 27.5. The highest BCUT2D eigenvalue weighted by atomic mass is 16.5. The average molecular weight is 441 g/mol. The van der Waals surface area contributed by atoms with Crippen LogP contribution in [0.3, 0.4) is 0 Å². The van der Waals surface area contributed by atoms with Crippen LogP contribution in [0.25, 0.3) is 0 Å². The van der Waals surface area contributed by atoms with E-state index in [1.807, 2.05) is 13.8 Å². The zero-order valence-electron chi connectivity index (χ0n) is 19.7. The van der Waals surface area contributed by atoms with Gasteiger partial charge in [-0.05, 0) is 47.0 Å². The second-order valence-corrected chi connectivity index (χ2v) is 5.89. The average Bonchev–Trinajstić information content (AvgIpc) is 2.76. The highest BCUT2D eigenvalue weighted by Crippen LogP contribution is 2.09. The maximum Gasteiger partial charge on any atom is 0.338 e. The summed E-state index contributed by atoms with van der Waals surface area (Å²) in [5.74, 6) is -2.79. The summed E-state index contributed by atoms with van der Waals surface area (Å²) in [5, 5.41) is 41.1. The number of hydrogen-bond acceptors (Lipinski definition) is 8. The van der Waals surface area contributed by atoms with Gasteiger partial charge in [-0.15, -0.1) is 0 Å². The fraction of sp³-hybridized carbons (Fsp3) is 0.810. The van der Waals surface area contributed by atoms with Gasteiger partial charge >= 0.3 is 11.9 Å². The van der Waals surface area contributed by atoms with Crippen LogP contribution in [0.15, 0.2) is 11.1 Å². The number of ether oxygens (including phenoxy) is 2. The van der Waals surface area contributed by atoms with E-state index in [1.54, 1.807) is 18.1 Å². The van der Waals surface area contributed by atoms with E-state index in [0.717, 1.165) is 13.2 Å². The van der Waals surface area contributed by atoms with Crippen molar-refractivity contribution in [3.63, 3.8) is 0 Å². The molecule has 2 atom stereocenters. The summed E-state index contributed by atoms with van der Waals surface area (Å²) in [5.41, 5.74) is 3.10. The van der Waals surface area contributed by atoms with Gasteiger partial charge in [0.2, 0.25) is 0 Å². The number of carboxylic acid groups (broad SMARTS) is 1.